The first-order valence-corrected chi connectivity index (χ1v) is 8.76. The molecule has 116 valence electrons. The highest BCUT2D eigenvalue weighted by molar-refractivity contribution is 7.99. The molecule has 0 aliphatic carbocycles. The highest BCUT2D eigenvalue weighted by Crippen LogP contribution is 2.41. The van der Waals surface area contributed by atoms with Gasteiger partial charge in [0, 0.05) is 33.9 Å². The SMILES string of the molecule is CN(C)CCN[C@@H]1Cc2cc(Cl)ccc2Sc2ccccc21. The predicted octanol–water partition coefficient (Wildman–Crippen LogP) is 4.24. The number of hydrogen-bond donors (Lipinski definition) is 1. The van der Waals surface area contributed by atoms with E-state index in [2.05, 4.69) is 60.7 Å². The van der Waals surface area contributed by atoms with Crippen LogP contribution in [-0.4, -0.2) is 32.1 Å². The van der Waals surface area contributed by atoms with Gasteiger partial charge in [0.15, 0.2) is 0 Å². The van der Waals surface area contributed by atoms with Crippen LogP contribution in [0, 0.1) is 0 Å². The number of nitrogens with zero attached hydrogens (tertiary/aromatic N) is 1. The number of halogens is 1. The summed E-state index contributed by atoms with van der Waals surface area (Å²) in [6, 6.07) is 15.3. The average Bonchev–Trinajstić information content (AvgIpc) is 2.63. The average molecular weight is 333 g/mol. The fourth-order valence-electron chi connectivity index (χ4n) is 2.76. The van der Waals surface area contributed by atoms with Crippen LogP contribution in [0.25, 0.3) is 0 Å². The molecule has 1 atom stereocenters. The molecule has 0 unspecified atom stereocenters. The molecule has 22 heavy (non-hydrogen) atoms. The fourth-order valence-corrected chi connectivity index (χ4v) is 4.08. The van der Waals surface area contributed by atoms with E-state index in [0.717, 1.165) is 24.5 Å². The lowest BCUT2D eigenvalue weighted by molar-refractivity contribution is 0.383. The number of likely N-dealkylation sites (N-methyl/N-ethyl adjacent to an activating group) is 1. The fraction of sp³-hybridized carbons (Fsp3) is 0.333. The monoisotopic (exact) mass is 332 g/mol. The van der Waals surface area contributed by atoms with Gasteiger partial charge in [0.2, 0.25) is 0 Å². The van der Waals surface area contributed by atoms with E-state index in [0.29, 0.717) is 6.04 Å². The standard InChI is InChI=1S/C18H21ClN2S/c1-21(2)10-9-20-16-12-13-11-14(19)7-8-17(13)22-18-6-4-3-5-15(16)18/h3-8,11,16,20H,9-10,12H2,1-2H3/t16-/m1/s1. The third-order valence-electron chi connectivity index (χ3n) is 3.91. The van der Waals surface area contributed by atoms with Crippen molar-refractivity contribution in [2.24, 2.45) is 0 Å². The van der Waals surface area contributed by atoms with E-state index in [-0.39, 0.29) is 0 Å². The minimum atomic E-state index is 0.336. The Morgan fingerprint density at radius 3 is 2.82 bits per heavy atom. The first-order chi connectivity index (χ1) is 10.6. The normalized spacial score (nSPS) is 17.0. The van der Waals surface area contributed by atoms with Crippen LogP contribution in [0.2, 0.25) is 5.02 Å². The largest absolute Gasteiger partial charge is 0.308 e. The van der Waals surface area contributed by atoms with Gasteiger partial charge in [-0.05, 0) is 55.9 Å². The first kappa shape index (κ1) is 15.9. The molecule has 1 N–H and O–H groups in total. The van der Waals surface area contributed by atoms with E-state index in [9.17, 15) is 0 Å². The first-order valence-electron chi connectivity index (χ1n) is 7.57. The maximum Gasteiger partial charge on any atom is 0.0409 e. The van der Waals surface area contributed by atoms with Crippen molar-refractivity contribution in [2.75, 3.05) is 27.2 Å². The molecule has 3 rings (SSSR count). The van der Waals surface area contributed by atoms with Crippen LogP contribution >= 0.6 is 23.4 Å². The Balaban J connectivity index is 1.90. The van der Waals surface area contributed by atoms with Crippen LogP contribution in [-0.2, 0) is 6.42 Å². The molecular formula is C18H21ClN2S. The minimum absolute atomic E-state index is 0.336. The zero-order valence-electron chi connectivity index (χ0n) is 13.0. The Hall–Kier alpha value is -1.00. The summed E-state index contributed by atoms with van der Waals surface area (Å²) in [5, 5.41) is 4.53. The second-order valence-electron chi connectivity index (χ2n) is 5.91. The zero-order chi connectivity index (χ0) is 15.5. The molecule has 0 fully saturated rings. The second kappa shape index (κ2) is 7.05. The summed E-state index contributed by atoms with van der Waals surface area (Å²) in [7, 11) is 4.21. The van der Waals surface area contributed by atoms with Gasteiger partial charge < -0.3 is 10.2 Å². The van der Waals surface area contributed by atoms with Gasteiger partial charge in [0.25, 0.3) is 0 Å². The lowest BCUT2D eigenvalue weighted by Gasteiger charge is -2.20. The van der Waals surface area contributed by atoms with Crippen LogP contribution in [0.4, 0.5) is 0 Å². The minimum Gasteiger partial charge on any atom is -0.308 e. The lowest BCUT2D eigenvalue weighted by Crippen LogP contribution is -2.30. The summed E-state index contributed by atoms with van der Waals surface area (Å²) >= 11 is 8.05. The van der Waals surface area contributed by atoms with E-state index >= 15 is 0 Å². The van der Waals surface area contributed by atoms with Crippen molar-refractivity contribution in [2.45, 2.75) is 22.3 Å². The van der Waals surface area contributed by atoms with Gasteiger partial charge in [-0.15, -0.1) is 0 Å². The molecule has 2 aromatic carbocycles. The van der Waals surface area contributed by atoms with Gasteiger partial charge in [-0.25, -0.2) is 0 Å². The summed E-state index contributed by atoms with van der Waals surface area (Å²) < 4.78 is 0. The van der Waals surface area contributed by atoms with Gasteiger partial charge in [0.05, 0.1) is 0 Å². The van der Waals surface area contributed by atoms with Crippen LogP contribution < -0.4 is 5.32 Å². The smallest absolute Gasteiger partial charge is 0.0409 e. The zero-order valence-corrected chi connectivity index (χ0v) is 14.5. The molecule has 2 aromatic rings. The van der Waals surface area contributed by atoms with Crippen LogP contribution in [0.1, 0.15) is 17.2 Å². The van der Waals surface area contributed by atoms with Crippen molar-refractivity contribution in [3.05, 3.63) is 58.6 Å². The van der Waals surface area contributed by atoms with Crippen LogP contribution in [0.15, 0.2) is 52.3 Å². The molecule has 1 heterocycles. The molecule has 0 bridgehead atoms. The Bertz CT molecular complexity index is 657. The predicted molar refractivity (Wildman–Crippen MR) is 95.0 cm³/mol. The van der Waals surface area contributed by atoms with Crippen LogP contribution in [0.5, 0.6) is 0 Å². The lowest BCUT2D eigenvalue weighted by atomic mass is 9.99. The van der Waals surface area contributed by atoms with E-state index in [1.54, 1.807) is 0 Å². The Labute approximate surface area is 141 Å². The van der Waals surface area contributed by atoms with Crippen molar-refractivity contribution < 1.29 is 0 Å². The molecule has 4 heteroatoms. The summed E-state index contributed by atoms with van der Waals surface area (Å²) in [6.45, 7) is 2.01. The molecule has 0 amide bonds. The Morgan fingerprint density at radius 1 is 1.18 bits per heavy atom. The van der Waals surface area contributed by atoms with E-state index in [1.165, 1.54) is 20.9 Å². The Morgan fingerprint density at radius 2 is 2.00 bits per heavy atom. The van der Waals surface area contributed by atoms with Crippen molar-refractivity contribution in [1.29, 1.82) is 0 Å². The number of rotatable bonds is 4. The second-order valence-corrected chi connectivity index (χ2v) is 7.43. The summed E-state index contributed by atoms with van der Waals surface area (Å²) in [5.74, 6) is 0. The maximum atomic E-state index is 6.20. The highest BCUT2D eigenvalue weighted by Gasteiger charge is 2.22. The number of nitrogens with one attached hydrogen (secondary N) is 1. The Kier molecular flexibility index (Phi) is 5.09. The molecule has 1 aliphatic heterocycles. The van der Waals surface area contributed by atoms with Crippen molar-refractivity contribution in [3.8, 4) is 0 Å². The quantitative estimate of drug-likeness (QED) is 0.901. The van der Waals surface area contributed by atoms with Gasteiger partial charge in [0.1, 0.15) is 0 Å². The number of hydrogen-bond acceptors (Lipinski definition) is 3. The molecule has 0 spiro atoms. The maximum absolute atomic E-state index is 6.20. The molecule has 0 saturated carbocycles. The molecule has 1 aliphatic rings. The van der Waals surface area contributed by atoms with E-state index < -0.39 is 0 Å². The van der Waals surface area contributed by atoms with Crippen molar-refractivity contribution in [3.63, 3.8) is 0 Å². The van der Waals surface area contributed by atoms with Gasteiger partial charge in [-0.2, -0.15) is 0 Å². The summed E-state index contributed by atoms with van der Waals surface area (Å²) in [6.07, 6.45) is 0.979. The molecule has 0 aromatic heterocycles. The van der Waals surface area contributed by atoms with Gasteiger partial charge in [-0.1, -0.05) is 41.6 Å². The highest BCUT2D eigenvalue weighted by atomic mass is 35.5. The summed E-state index contributed by atoms with van der Waals surface area (Å²) in [4.78, 5) is 4.86. The van der Waals surface area contributed by atoms with Gasteiger partial charge >= 0.3 is 0 Å². The van der Waals surface area contributed by atoms with Crippen molar-refractivity contribution >= 4 is 23.4 Å². The van der Waals surface area contributed by atoms with Gasteiger partial charge in [-0.3, -0.25) is 0 Å². The molecule has 0 saturated heterocycles. The van der Waals surface area contributed by atoms with E-state index in [1.807, 2.05) is 17.8 Å². The number of benzene rings is 2. The number of fused-ring (bicyclic) bond motifs is 2. The molecule has 2 nitrogen and oxygen atoms in total. The topological polar surface area (TPSA) is 15.3 Å². The third kappa shape index (κ3) is 3.66. The van der Waals surface area contributed by atoms with E-state index in [4.69, 9.17) is 11.6 Å². The van der Waals surface area contributed by atoms with Crippen molar-refractivity contribution in [1.82, 2.24) is 10.2 Å². The van der Waals surface area contributed by atoms with Crippen LogP contribution in [0.3, 0.4) is 0 Å². The summed E-state index contributed by atoms with van der Waals surface area (Å²) in [5.41, 5.74) is 2.72. The molecule has 0 radical (unpaired) electrons. The third-order valence-corrected chi connectivity index (χ3v) is 5.36. The molecular weight excluding hydrogens is 312 g/mol.